The van der Waals surface area contributed by atoms with Crippen molar-refractivity contribution in [3.05, 3.63) is 0 Å². The number of rotatable bonds is 2. The molecule has 4 heteroatoms. The molecule has 1 fully saturated rings. The Hall–Kier alpha value is -0.610. The van der Waals surface area contributed by atoms with Crippen LogP contribution in [0.5, 0.6) is 0 Å². The first-order chi connectivity index (χ1) is 6.91. The molecule has 0 aromatic heterocycles. The van der Waals surface area contributed by atoms with Crippen LogP contribution in [0.25, 0.3) is 0 Å². The first-order valence-corrected chi connectivity index (χ1v) is 5.61. The predicted octanol–water partition coefficient (Wildman–Crippen LogP) is 0.605. The van der Waals surface area contributed by atoms with Crippen LogP contribution in [0.3, 0.4) is 0 Å². The van der Waals surface area contributed by atoms with Crippen LogP contribution in [-0.4, -0.2) is 42.1 Å². The maximum Gasteiger partial charge on any atom is 0.239 e. The summed E-state index contributed by atoms with van der Waals surface area (Å²) in [4.78, 5) is 13.8. The average Bonchev–Trinajstić information content (AvgIpc) is 2.13. The molecule has 1 aliphatic heterocycles. The average molecular weight is 214 g/mol. The molecule has 1 rings (SSSR count). The third-order valence-electron chi connectivity index (χ3n) is 2.73. The van der Waals surface area contributed by atoms with Gasteiger partial charge in [-0.15, -0.1) is 0 Å². The molecule has 0 aliphatic carbocycles. The summed E-state index contributed by atoms with van der Waals surface area (Å²) in [6, 6.07) is -0.387. The molecule has 2 N–H and O–H groups in total. The van der Waals surface area contributed by atoms with E-state index in [1.54, 1.807) is 0 Å². The van der Waals surface area contributed by atoms with Crippen LogP contribution in [0.4, 0.5) is 0 Å². The van der Waals surface area contributed by atoms with E-state index in [0.29, 0.717) is 13.1 Å². The van der Waals surface area contributed by atoms with Gasteiger partial charge in [-0.3, -0.25) is 4.79 Å². The van der Waals surface area contributed by atoms with Crippen molar-refractivity contribution in [1.29, 1.82) is 0 Å². The molecule has 88 valence electrons. The van der Waals surface area contributed by atoms with Crippen LogP contribution < -0.4 is 5.73 Å². The highest BCUT2D eigenvalue weighted by molar-refractivity contribution is 5.82. The molecule has 1 saturated heterocycles. The van der Waals surface area contributed by atoms with Crippen LogP contribution >= 0.6 is 0 Å². The van der Waals surface area contributed by atoms with Gasteiger partial charge in [-0.1, -0.05) is 13.8 Å². The Morgan fingerprint density at radius 2 is 1.80 bits per heavy atom. The third-order valence-corrected chi connectivity index (χ3v) is 2.73. The zero-order valence-corrected chi connectivity index (χ0v) is 10.1. The van der Waals surface area contributed by atoms with Gasteiger partial charge in [0.1, 0.15) is 0 Å². The van der Waals surface area contributed by atoms with E-state index in [4.69, 9.17) is 10.5 Å². The number of morpholine rings is 1. The summed E-state index contributed by atoms with van der Waals surface area (Å²) in [7, 11) is 0. The Balaban J connectivity index is 2.59. The molecule has 0 aromatic carbocycles. The number of carbonyl (C=O) groups is 1. The predicted molar refractivity (Wildman–Crippen MR) is 59.4 cm³/mol. The van der Waals surface area contributed by atoms with Crippen molar-refractivity contribution in [3.8, 4) is 0 Å². The van der Waals surface area contributed by atoms with Crippen molar-refractivity contribution in [1.82, 2.24) is 4.90 Å². The molecule has 0 saturated carbocycles. The smallest absolute Gasteiger partial charge is 0.239 e. The van der Waals surface area contributed by atoms with Crippen LogP contribution in [-0.2, 0) is 9.53 Å². The van der Waals surface area contributed by atoms with Crippen molar-refractivity contribution in [2.45, 2.75) is 45.9 Å². The van der Waals surface area contributed by atoms with Crippen LogP contribution in [0.2, 0.25) is 0 Å². The van der Waals surface area contributed by atoms with E-state index in [-0.39, 0.29) is 30.1 Å². The van der Waals surface area contributed by atoms with E-state index in [2.05, 4.69) is 0 Å². The Labute approximate surface area is 91.8 Å². The van der Waals surface area contributed by atoms with Gasteiger partial charge >= 0.3 is 0 Å². The summed E-state index contributed by atoms with van der Waals surface area (Å²) in [6.45, 7) is 9.21. The summed E-state index contributed by atoms with van der Waals surface area (Å²) >= 11 is 0. The fraction of sp³-hybridized carbons (Fsp3) is 0.909. The molecule has 0 radical (unpaired) electrons. The van der Waals surface area contributed by atoms with E-state index in [1.165, 1.54) is 0 Å². The highest BCUT2D eigenvalue weighted by Crippen LogP contribution is 2.13. The number of hydrogen-bond donors (Lipinski definition) is 1. The highest BCUT2D eigenvalue weighted by Gasteiger charge is 2.29. The van der Waals surface area contributed by atoms with Crippen LogP contribution in [0, 0.1) is 5.92 Å². The van der Waals surface area contributed by atoms with E-state index < -0.39 is 0 Å². The molecule has 1 amide bonds. The Morgan fingerprint density at radius 3 is 2.20 bits per heavy atom. The summed E-state index contributed by atoms with van der Waals surface area (Å²) < 4.78 is 5.57. The molecule has 2 unspecified atom stereocenters. The summed E-state index contributed by atoms with van der Waals surface area (Å²) in [6.07, 6.45) is 0.217. The summed E-state index contributed by atoms with van der Waals surface area (Å²) in [5.74, 6) is 0.234. The van der Waals surface area contributed by atoms with Gasteiger partial charge in [-0.25, -0.2) is 0 Å². The second-order valence-corrected chi connectivity index (χ2v) is 4.77. The molecular formula is C11H22N2O2. The van der Waals surface area contributed by atoms with Crippen LogP contribution in [0.15, 0.2) is 0 Å². The van der Waals surface area contributed by atoms with Gasteiger partial charge in [0, 0.05) is 13.1 Å². The first-order valence-electron chi connectivity index (χ1n) is 5.61. The van der Waals surface area contributed by atoms with Crippen molar-refractivity contribution in [2.75, 3.05) is 13.1 Å². The number of hydrogen-bond acceptors (Lipinski definition) is 3. The highest BCUT2D eigenvalue weighted by atomic mass is 16.5. The SMILES string of the molecule is CC1CN(C(=O)[C@H](N)C(C)C)CC(C)O1. The molecular weight excluding hydrogens is 192 g/mol. The lowest BCUT2D eigenvalue weighted by molar-refractivity contribution is -0.145. The van der Waals surface area contributed by atoms with Crippen molar-refractivity contribution in [2.24, 2.45) is 11.7 Å². The lowest BCUT2D eigenvalue weighted by Gasteiger charge is -2.37. The minimum absolute atomic E-state index is 0.0481. The third kappa shape index (κ3) is 3.18. The number of carbonyl (C=O) groups excluding carboxylic acids is 1. The molecule has 1 heterocycles. The van der Waals surface area contributed by atoms with Gasteiger partial charge in [-0.05, 0) is 19.8 Å². The zero-order chi connectivity index (χ0) is 11.6. The number of amides is 1. The minimum atomic E-state index is -0.387. The quantitative estimate of drug-likeness (QED) is 0.732. The van der Waals surface area contributed by atoms with Crippen LogP contribution in [0.1, 0.15) is 27.7 Å². The van der Waals surface area contributed by atoms with E-state index >= 15 is 0 Å². The van der Waals surface area contributed by atoms with Gasteiger partial charge in [-0.2, -0.15) is 0 Å². The number of nitrogens with zero attached hydrogens (tertiary/aromatic N) is 1. The Kier molecular flexibility index (Phi) is 4.11. The number of nitrogens with two attached hydrogens (primary N) is 1. The van der Waals surface area contributed by atoms with Gasteiger partial charge in [0.2, 0.25) is 5.91 Å². The maximum atomic E-state index is 12.0. The first kappa shape index (κ1) is 12.5. The van der Waals surface area contributed by atoms with E-state index in [0.717, 1.165) is 0 Å². The summed E-state index contributed by atoms with van der Waals surface area (Å²) in [5, 5.41) is 0. The van der Waals surface area contributed by atoms with Crippen molar-refractivity contribution < 1.29 is 9.53 Å². The van der Waals surface area contributed by atoms with E-state index in [9.17, 15) is 4.79 Å². The van der Waals surface area contributed by atoms with Crippen molar-refractivity contribution >= 4 is 5.91 Å². The maximum absolute atomic E-state index is 12.0. The van der Waals surface area contributed by atoms with Gasteiger partial charge in [0.05, 0.1) is 18.2 Å². The molecule has 1 aliphatic rings. The van der Waals surface area contributed by atoms with E-state index in [1.807, 2.05) is 32.6 Å². The lowest BCUT2D eigenvalue weighted by Crippen LogP contribution is -2.54. The number of ether oxygens (including phenoxy) is 1. The topological polar surface area (TPSA) is 55.6 Å². The monoisotopic (exact) mass is 214 g/mol. The largest absolute Gasteiger partial charge is 0.372 e. The van der Waals surface area contributed by atoms with Crippen molar-refractivity contribution in [3.63, 3.8) is 0 Å². The Bertz CT molecular complexity index is 221. The zero-order valence-electron chi connectivity index (χ0n) is 10.1. The summed E-state index contributed by atoms with van der Waals surface area (Å²) in [5.41, 5.74) is 5.85. The molecule has 3 atom stereocenters. The standard InChI is InChI=1S/C11H22N2O2/c1-7(2)10(12)11(14)13-5-8(3)15-9(4)6-13/h7-10H,5-6,12H2,1-4H3/t8?,9?,10-/m1/s1. The Morgan fingerprint density at radius 1 is 1.33 bits per heavy atom. The normalized spacial score (nSPS) is 29.3. The van der Waals surface area contributed by atoms with Gasteiger partial charge in [0.15, 0.2) is 0 Å². The minimum Gasteiger partial charge on any atom is -0.372 e. The molecule has 4 nitrogen and oxygen atoms in total. The second kappa shape index (κ2) is 4.94. The molecule has 15 heavy (non-hydrogen) atoms. The van der Waals surface area contributed by atoms with Gasteiger partial charge in [0.25, 0.3) is 0 Å². The molecule has 0 bridgehead atoms. The fourth-order valence-corrected chi connectivity index (χ4v) is 1.85. The molecule has 0 spiro atoms. The lowest BCUT2D eigenvalue weighted by atomic mass is 10.0. The fourth-order valence-electron chi connectivity index (χ4n) is 1.85. The second-order valence-electron chi connectivity index (χ2n) is 4.77. The molecule has 0 aromatic rings. The van der Waals surface area contributed by atoms with Gasteiger partial charge < -0.3 is 15.4 Å².